The number of nitrogens with zero attached hydrogens (tertiary/aromatic N) is 3. The molecular weight excluding hydrogens is 324 g/mol. The summed E-state index contributed by atoms with van der Waals surface area (Å²) >= 11 is 0. The third-order valence-corrected chi connectivity index (χ3v) is 6.74. The minimum absolute atomic E-state index is 0.297. The van der Waals surface area contributed by atoms with Crippen molar-refractivity contribution < 1.29 is 4.42 Å². The summed E-state index contributed by atoms with van der Waals surface area (Å²) in [5.41, 5.74) is 0.574. The van der Waals surface area contributed by atoms with Crippen molar-refractivity contribution in [2.45, 2.75) is 57.9 Å². The van der Waals surface area contributed by atoms with Crippen molar-refractivity contribution in [2.75, 3.05) is 39.8 Å². The van der Waals surface area contributed by atoms with Gasteiger partial charge in [-0.1, -0.05) is 12.8 Å². The SMILES string of the molecule is CN=C(NCC(c1ccc(C)o1)N1CCCC1)N1CCC2(CCCC2)C1. The lowest BCUT2D eigenvalue weighted by atomic mass is 9.86. The Morgan fingerprint density at radius 3 is 2.58 bits per heavy atom. The first-order chi connectivity index (χ1) is 12.7. The molecule has 1 spiro atoms. The molecule has 3 fully saturated rings. The highest BCUT2D eigenvalue weighted by atomic mass is 16.3. The lowest BCUT2D eigenvalue weighted by Crippen LogP contribution is -2.44. The molecule has 5 nitrogen and oxygen atoms in total. The largest absolute Gasteiger partial charge is 0.465 e. The predicted octanol–water partition coefficient (Wildman–Crippen LogP) is 3.57. The normalized spacial score (nSPS) is 24.7. The van der Waals surface area contributed by atoms with E-state index in [2.05, 4.69) is 32.2 Å². The molecule has 0 amide bonds. The van der Waals surface area contributed by atoms with Gasteiger partial charge < -0.3 is 14.6 Å². The van der Waals surface area contributed by atoms with Crippen LogP contribution >= 0.6 is 0 Å². The molecule has 1 saturated carbocycles. The summed E-state index contributed by atoms with van der Waals surface area (Å²) in [6.45, 7) is 7.55. The molecule has 26 heavy (non-hydrogen) atoms. The molecule has 3 heterocycles. The lowest BCUT2D eigenvalue weighted by Gasteiger charge is -2.29. The molecule has 1 atom stereocenters. The van der Waals surface area contributed by atoms with Crippen LogP contribution in [0, 0.1) is 12.3 Å². The van der Waals surface area contributed by atoms with Crippen LogP contribution in [0.5, 0.6) is 0 Å². The van der Waals surface area contributed by atoms with Gasteiger partial charge in [0.05, 0.1) is 6.04 Å². The second-order valence-corrected chi connectivity index (χ2v) is 8.51. The van der Waals surface area contributed by atoms with Crippen LogP contribution in [0.1, 0.15) is 62.5 Å². The quantitative estimate of drug-likeness (QED) is 0.660. The van der Waals surface area contributed by atoms with Gasteiger partial charge in [0.15, 0.2) is 5.96 Å². The Morgan fingerprint density at radius 1 is 1.15 bits per heavy atom. The third-order valence-electron chi connectivity index (χ3n) is 6.74. The van der Waals surface area contributed by atoms with Crippen molar-refractivity contribution in [2.24, 2.45) is 10.4 Å². The molecule has 1 aliphatic carbocycles. The summed E-state index contributed by atoms with van der Waals surface area (Å²) in [7, 11) is 1.92. The highest BCUT2D eigenvalue weighted by Gasteiger charge is 2.41. The fraction of sp³-hybridized carbons (Fsp3) is 0.762. The van der Waals surface area contributed by atoms with Crippen molar-refractivity contribution in [1.29, 1.82) is 0 Å². The molecule has 1 unspecified atom stereocenters. The van der Waals surface area contributed by atoms with Crippen LogP contribution in [0.3, 0.4) is 0 Å². The smallest absolute Gasteiger partial charge is 0.193 e. The van der Waals surface area contributed by atoms with Crippen molar-refractivity contribution >= 4 is 5.96 Å². The second-order valence-electron chi connectivity index (χ2n) is 8.51. The molecule has 2 saturated heterocycles. The maximum absolute atomic E-state index is 5.99. The number of nitrogens with one attached hydrogen (secondary N) is 1. The van der Waals surface area contributed by atoms with Gasteiger partial charge >= 0.3 is 0 Å². The van der Waals surface area contributed by atoms with Crippen LogP contribution in [0.4, 0.5) is 0 Å². The Morgan fingerprint density at radius 2 is 1.92 bits per heavy atom. The van der Waals surface area contributed by atoms with Gasteiger partial charge in [-0.2, -0.15) is 0 Å². The molecule has 5 heteroatoms. The summed E-state index contributed by atoms with van der Waals surface area (Å²) < 4.78 is 5.99. The number of guanidine groups is 1. The van der Waals surface area contributed by atoms with E-state index in [0.29, 0.717) is 11.5 Å². The van der Waals surface area contributed by atoms with Gasteiger partial charge in [0, 0.05) is 26.7 Å². The van der Waals surface area contributed by atoms with Crippen LogP contribution < -0.4 is 5.32 Å². The zero-order chi connectivity index (χ0) is 18.0. The van der Waals surface area contributed by atoms with Crippen molar-refractivity contribution in [1.82, 2.24) is 15.1 Å². The molecule has 0 aromatic carbocycles. The Hall–Kier alpha value is -1.49. The average molecular weight is 359 g/mol. The van der Waals surface area contributed by atoms with Gasteiger partial charge in [-0.15, -0.1) is 0 Å². The first-order valence-corrected chi connectivity index (χ1v) is 10.5. The molecule has 0 radical (unpaired) electrons. The Kier molecular flexibility index (Phi) is 5.25. The first-order valence-electron chi connectivity index (χ1n) is 10.5. The fourth-order valence-electron chi connectivity index (χ4n) is 5.26. The van der Waals surface area contributed by atoms with E-state index in [1.54, 1.807) is 0 Å². The van der Waals surface area contributed by atoms with E-state index in [1.807, 2.05) is 14.0 Å². The highest BCUT2D eigenvalue weighted by Crippen LogP contribution is 2.45. The minimum atomic E-state index is 0.297. The molecule has 144 valence electrons. The monoisotopic (exact) mass is 358 g/mol. The summed E-state index contributed by atoms with van der Waals surface area (Å²) in [6.07, 6.45) is 9.55. The molecule has 2 aliphatic heterocycles. The lowest BCUT2D eigenvalue weighted by molar-refractivity contribution is 0.212. The number of aliphatic imine (C=N–C) groups is 1. The molecule has 4 rings (SSSR count). The number of hydrogen-bond donors (Lipinski definition) is 1. The molecule has 1 N–H and O–H groups in total. The first kappa shape index (κ1) is 17.9. The van der Waals surface area contributed by atoms with Gasteiger partial charge in [-0.3, -0.25) is 9.89 Å². The number of hydrogen-bond acceptors (Lipinski definition) is 3. The van der Waals surface area contributed by atoms with E-state index in [4.69, 9.17) is 4.42 Å². The molecule has 0 bridgehead atoms. The van der Waals surface area contributed by atoms with E-state index in [9.17, 15) is 0 Å². The number of aryl methyl sites for hydroxylation is 1. The minimum Gasteiger partial charge on any atom is -0.465 e. The van der Waals surface area contributed by atoms with Crippen molar-refractivity contribution in [3.8, 4) is 0 Å². The summed E-state index contributed by atoms with van der Waals surface area (Å²) in [5.74, 6) is 3.15. The standard InChI is InChI=1S/C21H34N4O/c1-17-7-8-19(26-17)18(24-12-5-6-13-24)15-23-20(22-2)25-14-11-21(16-25)9-3-4-10-21/h7-8,18H,3-6,9-16H2,1-2H3,(H,22,23). The van der Waals surface area contributed by atoms with Crippen LogP contribution in [0.15, 0.2) is 21.5 Å². The van der Waals surface area contributed by atoms with Crippen LogP contribution in [-0.2, 0) is 0 Å². The molecular formula is C21H34N4O. The van der Waals surface area contributed by atoms with Gasteiger partial charge in [-0.05, 0) is 69.7 Å². The zero-order valence-corrected chi connectivity index (χ0v) is 16.5. The van der Waals surface area contributed by atoms with Crippen molar-refractivity contribution in [3.63, 3.8) is 0 Å². The third kappa shape index (κ3) is 3.64. The zero-order valence-electron chi connectivity index (χ0n) is 16.5. The Balaban J connectivity index is 1.41. The maximum atomic E-state index is 5.99. The summed E-state index contributed by atoms with van der Waals surface area (Å²) in [4.78, 5) is 9.65. The Bertz CT molecular complexity index is 626. The maximum Gasteiger partial charge on any atom is 0.193 e. The van der Waals surface area contributed by atoms with E-state index >= 15 is 0 Å². The van der Waals surface area contributed by atoms with E-state index in [1.165, 1.54) is 51.5 Å². The van der Waals surface area contributed by atoms with Gasteiger partial charge in [-0.25, -0.2) is 0 Å². The van der Waals surface area contributed by atoms with Crippen LogP contribution in [-0.4, -0.2) is 55.5 Å². The number of furan rings is 1. The van der Waals surface area contributed by atoms with Crippen LogP contribution in [0.25, 0.3) is 0 Å². The topological polar surface area (TPSA) is 44.0 Å². The van der Waals surface area contributed by atoms with E-state index < -0.39 is 0 Å². The van der Waals surface area contributed by atoms with Crippen LogP contribution in [0.2, 0.25) is 0 Å². The average Bonchev–Trinajstić information content (AvgIpc) is 3.42. The second kappa shape index (κ2) is 7.63. The number of likely N-dealkylation sites (tertiary alicyclic amines) is 2. The summed E-state index contributed by atoms with van der Waals surface area (Å²) in [6, 6.07) is 4.52. The number of rotatable bonds is 4. The summed E-state index contributed by atoms with van der Waals surface area (Å²) in [5, 5.41) is 3.68. The molecule has 3 aliphatic rings. The Labute approximate surface area is 157 Å². The van der Waals surface area contributed by atoms with Crippen molar-refractivity contribution in [3.05, 3.63) is 23.7 Å². The van der Waals surface area contributed by atoms with Gasteiger partial charge in [0.2, 0.25) is 0 Å². The van der Waals surface area contributed by atoms with Gasteiger partial charge in [0.25, 0.3) is 0 Å². The predicted molar refractivity (Wildman–Crippen MR) is 105 cm³/mol. The fourth-order valence-corrected chi connectivity index (χ4v) is 5.26. The van der Waals surface area contributed by atoms with E-state index in [-0.39, 0.29) is 0 Å². The highest BCUT2D eigenvalue weighted by molar-refractivity contribution is 5.80. The molecule has 1 aromatic heterocycles. The molecule has 1 aromatic rings. The van der Waals surface area contributed by atoms with E-state index in [0.717, 1.165) is 43.7 Å². The van der Waals surface area contributed by atoms with Gasteiger partial charge in [0.1, 0.15) is 11.5 Å².